The number of nitrogens with one attached hydrogen (secondary N) is 2. The van der Waals surface area contributed by atoms with E-state index in [9.17, 15) is 9.59 Å². The van der Waals surface area contributed by atoms with Gasteiger partial charge >= 0.3 is 6.09 Å². The highest BCUT2D eigenvalue weighted by atomic mass is 79.9. The zero-order valence-corrected chi connectivity index (χ0v) is 20.4. The average molecular weight is 491 g/mol. The number of carbonyl (C=O) groups excluding carboxylic acids is 2. The third-order valence-electron chi connectivity index (χ3n) is 4.39. The van der Waals surface area contributed by atoms with Crippen LogP contribution in [0.2, 0.25) is 0 Å². The number of hydrogen-bond donors (Lipinski definition) is 2. The summed E-state index contributed by atoms with van der Waals surface area (Å²) in [5, 5.41) is 6.48. The predicted molar refractivity (Wildman–Crippen MR) is 129 cm³/mol. The van der Waals surface area contributed by atoms with Crippen LogP contribution in [0.3, 0.4) is 0 Å². The Morgan fingerprint density at radius 3 is 1.94 bits per heavy atom. The Morgan fingerprint density at radius 2 is 1.45 bits per heavy atom. The smallest absolute Gasteiger partial charge is 0.412 e. The van der Waals surface area contributed by atoms with Gasteiger partial charge in [-0.3, -0.25) is 10.1 Å². The van der Waals surface area contributed by atoms with Crippen LogP contribution >= 0.6 is 15.9 Å². The largest absolute Gasteiger partial charge is 0.444 e. The molecular formula is C24H31BrN2O4. The van der Waals surface area contributed by atoms with Crippen molar-refractivity contribution in [3.05, 3.63) is 47.5 Å². The van der Waals surface area contributed by atoms with E-state index in [0.717, 1.165) is 33.3 Å². The maximum atomic E-state index is 12.1. The Morgan fingerprint density at radius 1 is 0.903 bits per heavy atom. The standard InChI is InChI=1S/C24H31BrN2O4/c1-16-14-18(6-8-20(16)26-22(28)10-12-30-13-11-25)19-7-9-21(17(2)15-19)27-23(29)31-24(3,4)5/h6-9,14-15H,10-13H2,1-5H3,(H,26,28)(H,27,29). The molecule has 31 heavy (non-hydrogen) atoms. The van der Waals surface area contributed by atoms with Crippen molar-refractivity contribution < 1.29 is 19.1 Å². The number of hydrogen-bond acceptors (Lipinski definition) is 4. The van der Waals surface area contributed by atoms with E-state index >= 15 is 0 Å². The van der Waals surface area contributed by atoms with Crippen LogP contribution in [-0.2, 0) is 14.3 Å². The molecule has 2 aromatic rings. The van der Waals surface area contributed by atoms with Gasteiger partial charge in [-0.15, -0.1) is 0 Å². The summed E-state index contributed by atoms with van der Waals surface area (Å²) in [5.74, 6) is -0.0705. The molecule has 0 saturated heterocycles. The van der Waals surface area contributed by atoms with Crippen LogP contribution in [0.4, 0.5) is 16.2 Å². The predicted octanol–water partition coefficient (Wildman–Crippen LogP) is 6.06. The molecule has 2 aromatic carbocycles. The van der Waals surface area contributed by atoms with E-state index in [2.05, 4.69) is 26.6 Å². The molecule has 0 aliphatic rings. The molecule has 0 unspecified atom stereocenters. The highest BCUT2D eigenvalue weighted by Gasteiger charge is 2.17. The molecule has 0 heterocycles. The second-order valence-electron chi connectivity index (χ2n) is 8.29. The summed E-state index contributed by atoms with van der Waals surface area (Å²) in [7, 11) is 0. The molecule has 7 heteroatoms. The summed E-state index contributed by atoms with van der Waals surface area (Å²) < 4.78 is 10.6. The lowest BCUT2D eigenvalue weighted by atomic mass is 10.00. The fraction of sp³-hybridized carbons (Fsp3) is 0.417. The molecule has 0 spiro atoms. The van der Waals surface area contributed by atoms with E-state index in [-0.39, 0.29) is 5.91 Å². The maximum absolute atomic E-state index is 12.1. The molecule has 0 aliphatic carbocycles. The van der Waals surface area contributed by atoms with Gasteiger partial charge in [-0.1, -0.05) is 28.1 Å². The molecule has 2 rings (SSSR count). The Balaban J connectivity index is 2.05. The van der Waals surface area contributed by atoms with Crippen molar-refractivity contribution in [2.24, 2.45) is 0 Å². The number of benzene rings is 2. The van der Waals surface area contributed by atoms with Gasteiger partial charge in [0.05, 0.1) is 19.6 Å². The van der Waals surface area contributed by atoms with E-state index < -0.39 is 11.7 Å². The average Bonchev–Trinajstić information content (AvgIpc) is 2.67. The number of carbonyl (C=O) groups is 2. The van der Waals surface area contributed by atoms with Crippen molar-refractivity contribution in [2.45, 2.75) is 46.6 Å². The van der Waals surface area contributed by atoms with Crippen molar-refractivity contribution in [3.63, 3.8) is 0 Å². The minimum absolute atomic E-state index is 0.0705. The van der Waals surface area contributed by atoms with Crippen LogP contribution in [-0.4, -0.2) is 36.1 Å². The normalized spacial score (nSPS) is 11.2. The number of rotatable bonds is 8. The molecule has 0 radical (unpaired) electrons. The van der Waals surface area contributed by atoms with Crippen LogP contribution in [0.25, 0.3) is 11.1 Å². The molecule has 0 atom stereocenters. The van der Waals surface area contributed by atoms with E-state index in [1.807, 2.05) is 71.0 Å². The van der Waals surface area contributed by atoms with E-state index in [4.69, 9.17) is 9.47 Å². The van der Waals surface area contributed by atoms with Gasteiger partial charge in [0.15, 0.2) is 0 Å². The number of amides is 2. The first-order valence-electron chi connectivity index (χ1n) is 10.2. The number of alkyl halides is 1. The van der Waals surface area contributed by atoms with Crippen LogP contribution in [0.1, 0.15) is 38.3 Å². The Kier molecular flexibility index (Phi) is 9.07. The molecule has 6 nitrogen and oxygen atoms in total. The van der Waals surface area contributed by atoms with Gasteiger partial charge in [0.2, 0.25) is 5.91 Å². The summed E-state index contributed by atoms with van der Waals surface area (Å²) >= 11 is 3.29. The van der Waals surface area contributed by atoms with Gasteiger partial charge in [0, 0.05) is 16.7 Å². The molecule has 2 N–H and O–H groups in total. The topological polar surface area (TPSA) is 76.7 Å². The van der Waals surface area contributed by atoms with Gasteiger partial charge < -0.3 is 14.8 Å². The first kappa shape index (κ1) is 24.9. The van der Waals surface area contributed by atoms with Crippen molar-refractivity contribution in [1.29, 1.82) is 0 Å². The van der Waals surface area contributed by atoms with Crippen LogP contribution in [0, 0.1) is 13.8 Å². The van der Waals surface area contributed by atoms with Gasteiger partial charge in [-0.25, -0.2) is 4.79 Å². The Hall–Kier alpha value is -2.38. The monoisotopic (exact) mass is 490 g/mol. The van der Waals surface area contributed by atoms with Gasteiger partial charge in [0.25, 0.3) is 0 Å². The molecule has 0 saturated carbocycles. The molecule has 168 valence electrons. The summed E-state index contributed by atoms with van der Waals surface area (Å²) in [6, 6.07) is 11.7. The summed E-state index contributed by atoms with van der Waals surface area (Å²) in [6.45, 7) is 10.4. The maximum Gasteiger partial charge on any atom is 0.412 e. The number of halogens is 1. The second-order valence-corrected chi connectivity index (χ2v) is 9.08. The Labute approximate surface area is 192 Å². The highest BCUT2D eigenvalue weighted by molar-refractivity contribution is 9.09. The third kappa shape index (κ3) is 8.34. The molecular weight excluding hydrogens is 460 g/mol. The minimum Gasteiger partial charge on any atom is -0.444 e. The SMILES string of the molecule is Cc1cc(-c2ccc(NC(=O)OC(C)(C)C)c(C)c2)ccc1NC(=O)CCOCCBr. The van der Waals surface area contributed by atoms with Gasteiger partial charge in [-0.05, 0) is 81.1 Å². The van der Waals surface area contributed by atoms with E-state index in [1.165, 1.54) is 0 Å². The third-order valence-corrected chi connectivity index (χ3v) is 4.71. The second kappa shape index (κ2) is 11.3. The number of ether oxygens (including phenoxy) is 2. The van der Waals surface area contributed by atoms with Gasteiger partial charge in [-0.2, -0.15) is 0 Å². The molecule has 0 aromatic heterocycles. The van der Waals surface area contributed by atoms with Crippen LogP contribution in [0.15, 0.2) is 36.4 Å². The molecule has 2 amide bonds. The first-order valence-corrected chi connectivity index (χ1v) is 11.4. The fourth-order valence-corrected chi connectivity index (χ4v) is 3.14. The van der Waals surface area contributed by atoms with Crippen molar-refractivity contribution in [2.75, 3.05) is 29.2 Å². The lowest BCUT2D eigenvalue weighted by molar-refractivity contribution is -0.117. The number of anilines is 2. The minimum atomic E-state index is -0.548. The van der Waals surface area contributed by atoms with Crippen LogP contribution < -0.4 is 10.6 Å². The first-order chi connectivity index (χ1) is 14.6. The van der Waals surface area contributed by atoms with E-state index in [0.29, 0.717) is 25.3 Å². The zero-order chi connectivity index (χ0) is 23.0. The fourth-order valence-electron chi connectivity index (χ4n) is 2.91. The lowest BCUT2D eigenvalue weighted by Gasteiger charge is -2.20. The van der Waals surface area contributed by atoms with E-state index in [1.54, 1.807) is 0 Å². The quantitative estimate of drug-likeness (QED) is 0.348. The lowest BCUT2D eigenvalue weighted by Crippen LogP contribution is -2.27. The van der Waals surface area contributed by atoms with Crippen molar-refractivity contribution >= 4 is 39.3 Å². The van der Waals surface area contributed by atoms with Crippen LogP contribution in [0.5, 0.6) is 0 Å². The molecule has 0 aliphatic heterocycles. The Bertz CT molecular complexity index is 922. The highest BCUT2D eigenvalue weighted by Crippen LogP contribution is 2.28. The molecule has 0 fully saturated rings. The van der Waals surface area contributed by atoms with Crippen molar-refractivity contribution in [3.8, 4) is 11.1 Å². The zero-order valence-electron chi connectivity index (χ0n) is 18.8. The summed E-state index contributed by atoms with van der Waals surface area (Å²) in [6.07, 6.45) is -0.156. The van der Waals surface area contributed by atoms with Crippen molar-refractivity contribution in [1.82, 2.24) is 0 Å². The number of aryl methyl sites for hydroxylation is 2. The molecule has 0 bridgehead atoms. The summed E-state index contributed by atoms with van der Waals surface area (Å²) in [4.78, 5) is 24.1. The van der Waals surface area contributed by atoms with Gasteiger partial charge in [0.1, 0.15) is 5.60 Å². The summed E-state index contributed by atoms with van der Waals surface area (Å²) in [5.41, 5.74) is 4.91.